The SMILES string of the molecule is CC1Cc2nnc(-c3cccc(C(F)(F)F)c3)cc2C(OC(=O)N2CCOCC2)C1. The highest BCUT2D eigenvalue weighted by Gasteiger charge is 2.33. The number of aromatic nitrogens is 2. The number of hydrogen-bond donors (Lipinski definition) is 0. The standard InChI is InChI=1S/C21H22F3N3O3/c1-13-9-18-16(19(10-13)30-20(28)27-5-7-29-8-6-27)12-17(25-26-18)14-3-2-4-15(11-14)21(22,23)24/h2-4,11-13,19H,5-10H2,1H3. The van der Waals surface area contributed by atoms with Crippen LogP contribution in [0.4, 0.5) is 18.0 Å². The molecule has 1 aromatic carbocycles. The van der Waals surface area contributed by atoms with Gasteiger partial charge in [-0.2, -0.15) is 23.4 Å². The summed E-state index contributed by atoms with van der Waals surface area (Å²) < 4.78 is 50.3. The number of ether oxygens (including phenoxy) is 2. The topological polar surface area (TPSA) is 64.6 Å². The van der Waals surface area contributed by atoms with Gasteiger partial charge in [0.15, 0.2) is 0 Å². The number of rotatable bonds is 2. The van der Waals surface area contributed by atoms with Gasteiger partial charge in [-0.25, -0.2) is 4.79 Å². The van der Waals surface area contributed by atoms with Crippen LogP contribution in [0.3, 0.4) is 0 Å². The first kappa shape index (κ1) is 20.6. The van der Waals surface area contributed by atoms with Gasteiger partial charge in [-0.1, -0.05) is 19.1 Å². The zero-order valence-corrected chi connectivity index (χ0v) is 16.5. The second-order valence-corrected chi connectivity index (χ2v) is 7.73. The number of amides is 1. The molecule has 1 fully saturated rings. The van der Waals surface area contributed by atoms with Crippen LogP contribution in [0.25, 0.3) is 11.3 Å². The Labute approximate surface area is 172 Å². The number of alkyl halides is 3. The molecule has 0 saturated carbocycles. The van der Waals surface area contributed by atoms with Gasteiger partial charge < -0.3 is 14.4 Å². The fourth-order valence-electron chi connectivity index (χ4n) is 3.82. The maximum atomic E-state index is 13.1. The predicted molar refractivity (Wildman–Crippen MR) is 102 cm³/mol. The summed E-state index contributed by atoms with van der Waals surface area (Å²) in [5.41, 5.74) is 1.31. The van der Waals surface area contributed by atoms with Crippen LogP contribution in [0.2, 0.25) is 0 Å². The highest BCUT2D eigenvalue weighted by molar-refractivity contribution is 5.68. The third-order valence-electron chi connectivity index (χ3n) is 5.41. The van der Waals surface area contributed by atoms with Crippen molar-refractivity contribution in [1.29, 1.82) is 0 Å². The Morgan fingerprint density at radius 1 is 1.20 bits per heavy atom. The van der Waals surface area contributed by atoms with E-state index in [0.29, 0.717) is 61.7 Å². The number of halogens is 3. The molecular weight excluding hydrogens is 399 g/mol. The summed E-state index contributed by atoms with van der Waals surface area (Å²) in [6, 6.07) is 6.67. The number of nitrogens with zero attached hydrogens (tertiary/aromatic N) is 3. The number of carbonyl (C=O) groups excluding carboxylic acids is 1. The quantitative estimate of drug-likeness (QED) is 0.725. The molecule has 30 heavy (non-hydrogen) atoms. The Balaban J connectivity index is 1.62. The average Bonchev–Trinajstić information content (AvgIpc) is 2.73. The lowest BCUT2D eigenvalue weighted by Gasteiger charge is -2.32. The third kappa shape index (κ3) is 4.40. The Kier molecular flexibility index (Phi) is 5.64. The Hall–Kier alpha value is -2.68. The Bertz CT molecular complexity index is 929. The number of morpholine rings is 1. The van der Waals surface area contributed by atoms with Gasteiger partial charge in [0, 0.05) is 24.2 Å². The van der Waals surface area contributed by atoms with Crippen LogP contribution in [0.1, 0.15) is 36.3 Å². The molecule has 2 heterocycles. The van der Waals surface area contributed by atoms with Crippen molar-refractivity contribution in [3.05, 3.63) is 47.2 Å². The van der Waals surface area contributed by atoms with Crippen LogP contribution in [0, 0.1) is 5.92 Å². The predicted octanol–water partition coefficient (Wildman–Crippen LogP) is 4.25. The van der Waals surface area contributed by atoms with E-state index in [2.05, 4.69) is 10.2 Å². The molecule has 0 N–H and O–H groups in total. The highest BCUT2D eigenvalue weighted by atomic mass is 19.4. The Morgan fingerprint density at radius 2 is 1.97 bits per heavy atom. The van der Waals surface area contributed by atoms with E-state index in [1.807, 2.05) is 6.92 Å². The summed E-state index contributed by atoms with van der Waals surface area (Å²) in [6.07, 6.45) is -4.07. The molecule has 4 rings (SSSR count). The van der Waals surface area contributed by atoms with Crippen LogP contribution in [-0.2, 0) is 22.1 Å². The molecule has 1 amide bonds. The molecule has 2 atom stereocenters. The maximum absolute atomic E-state index is 13.1. The highest BCUT2D eigenvalue weighted by Crippen LogP contribution is 2.37. The Morgan fingerprint density at radius 3 is 2.70 bits per heavy atom. The van der Waals surface area contributed by atoms with Crippen molar-refractivity contribution in [2.75, 3.05) is 26.3 Å². The van der Waals surface area contributed by atoms with Gasteiger partial charge >= 0.3 is 12.3 Å². The average molecular weight is 421 g/mol. The molecule has 2 unspecified atom stereocenters. The van der Waals surface area contributed by atoms with Crippen LogP contribution in [0.15, 0.2) is 30.3 Å². The normalized spacial score (nSPS) is 21.8. The first-order valence-electron chi connectivity index (χ1n) is 9.88. The van der Waals surface area contributed by atoms with Crippen LogP contribution < -0.4 is 0 Å². The van der Waals surface area contributed by atoms with Gasteiger partial charge in [-0.3, -0.25) is 0 Å². The van der Waals surface area contributed by atoms with E-state index in [1.54, 1.807) is 17.0 Å². The molecule has 9 heteroatoms. The molecule has 160 valence electrons. The van der Waals surface area contributed by atoms with Crippen molar-refractivity contribution in [3.63, 3.8) is 0 Å². The number of hydrogen-bond acceptors (Lipinski definition) is 5. The van der Waals surface area contributed by atoms with E-state index in [9.17, 15) is 18.0 Å². The second kappa shape index (κ2) is 8.22. The van der Waals surface area contributed by atoms with Crippen molar-refractivity contribution in [2.45, 2.75) is 32.0 Å². The summed E-state index contributed by atoms with van der Waals surface area (Å²) in [4.78, 5) is 14.2. The van der Waals surface area contributed by atoms with Crippen LogP contribution >= 0.6 is 0 Å². The molecule has 1 aromatic heterocycles. The maximum Gasteiger partial charge on any atom is 0.416 e. The molecule has 2 aromatic rings. The fourth-order valence-corrected chi connectivity index (χ4v) is 3.82. The van der Waals surface area contributed by atoms with Crippen molar-refractivity contribution >= 4 is 6.09 Å². The first-order valence-corrected chi connectivity index (χ1v) is 9.88. The van der Waals surface area contributed by atoms with Crippen LogP contribution in [-0.4, -0.2) is 47.5 Å². The van der Waals surface area contributed by atoms with Crippen molar-refractivity contribution in [1.82, 2.24) is 15.1 Å². The summed E-state index contributed by atoms with van der Waals surface area (Å²) in [6.45, 7) is 3.92. The van der Waals surface area contributed by atoms with Gasteiger partial charge in [0.2, 0.25) is 0 Å². The van der Waals surface area contributed by atoms with E-state index in [1.165, 1.54) is 6.07 Å². The molecule has 0 radical (unpaired) electrons. The summed E-state index contributed by atoms with van der Waals surface area (Å²) >= 11 is 0. The summed E-state index contributed by atoms with van der Waals surface area (Å²) in [5.74, 6) is 0.244. The van der Waals surface area contributed by atoms with Crippen LogP contribution in [0.5, 0.6) is 0 Å². The van der Waals surface area contributed by atoms with E-state index >= 15 is 0 Å². The van der Waals surface area contributed by atoms with Crippen molar-refractivity contribution < 1.29 is 27.4 Å². The van der Waals surface area contributed by atoms with Gasteiger partial charge in [0.05, 0.1) is 30.2 Å². The zero-order valence-electron chi connectivity index (χ0n) is 16.5. The fraction of sp³-hybridized carbons (Fsp3) is 0.476. The lowest BCUT2D eigenvalue weighted by molar-refractivity contribution is -0.137. The van der Waals surface area contributed by atoms with Gasteiger partial charge in [-0.05, 0) is 37.0 Å². The van der Waals surface area contributed by atoms with E-state index < -0.39 is 23.9 Å². The van der Waals surface area contributed by atoms with E-state index in [4.69, 9.17) is 9.47 Å². The van der Waals surface area contributed by atoms with Crippen molar-refractivity contribution in [2.24, 2.45) is 5.92 Å². The van der Waals surface area contributed by atoms with Gasteiger partial charge in [0.25, 0.3) is 0 Å². The van der Waals surface area contributed by atoms with Crippen molar-refractivity contribution in [3.8, 4) is 11.3 Å². The lowest BCUT2D eigenvalue weighted by Crippen LogP contribution is -2.41. The minimum atomic E-state index is -4.44. The molecule has 1 saturated heterocycles. The lowest BCUT2D eigenvalue weighted by atomic mass is 9.85. The second-order valence-electron chi connectivity index (χ2n) is 7.73. The molecule has 0 bridgehead atoms. The molecule has 1 aliphatic carbocycles. The van der Waals surface area contributed by atoms with Gasteiger partial charge in [-0.15, -0.1) is 0 Å². The summed E-state index contributed by atoms with van der Waals surface area (Å²) in [5, 5.41) is 8.39. The summed E-state index contributed by atoms with van der Waals surface area (Å²) in [7, 11) is 0. The third-order valence-corrected chi connectivity index (χ3v) is 5.41. The molecule has 6 nitrogen and oxygen atoms in total. The largest absolute Gasteiger partial charge is 0.441 e. The van der Waals surface area contributed by atoms with E-state index in [0.717, 1.165) is 12.1 Å². The molecule has 1 aliphatic heterocycles. The molecule has 2 aliphatic rings. The van der Waals surface area contributed by atoms with Gasteiger partial charge in [0.1, 0.15) is 6.10 Å². The van der Waals surface area contributed by atoms with E-state index in [-0.39, 0.29) is 5.92 Å². The smallest absolute Gasteiger partial charge is 0.416 e. The minimum Gasteiger partial charge on any atom is -0.441 e. The monoisotopic (exact) mass is 421 g/mol. The zero-order chi connectivity index (χ0) is 21.3. The molecular formula is C21H22F3N3O3. The molecule has 0 spiro atoms. The minimum absolute atomic E-state index is 0.244. The number of benzene rings is 1. The number of fused-ring (bicyclic) bond motifs is 1. The number of carbonyl (C=O) groups is 1. The first-order chi connectivity index (χ1) is 14.3.